The number of anilines is 1. The van der Waals surface area contributed by atoms with Gasteiger partial charge in [0.15, 0.2) is 0 Å². The van der Waals surface area contributed by atoms with Crippen molar-refractivity contribution in [1.29, 1.82) is 10.5 Å². The molecule has 0 aliphatic carbocycles. The van der Waals surface area contributed by atoms with Gasteiger partial charge >= 0.3 is 5.69 Å². The molecule has 30 heavy (non-hydrogen) atoms. The molecule has 4 rings (SSSR count). The highest BCUT2D eigenvalue weighted by atomic mass is 16.1. The molecule has 2 N–H and O–H groups in total. The van der Waals surface area contributed by atoms with Crippen LogP contribution in [-0.4, -0.2) is 18.9 Å². The third kappa shape index (κ3) is 2.84. The van der Waals surface area contributed by atoms with Crippen LogP contribution in [0.25, 0.3) is 28.4 Å². The van der Waals surface area contributed by atoms with Gasteiger partial charge in [-0.05, 0) is 35.9 Å². The molecule has 2 aromatic heterocycles. The Morgan fingerprint density at radius 2 is 1.77 bits per heavy atom. The van der Waals surface area contributed by atoms with Crippen LogP contribution in [0.2, 0.25) is 0 Å². The van der Waals surface area contributed by atoms with Crippen molar-refractivity contribution in [2.45, 2.75) is 0 Å². The fraction of sp³-hybridized carbons (Fsp3) is 0.0909. The van der Waals surface area contributed by atoms with Gasteiger partial charge in [0.1, 0.15) is 29.2 Å². The molecule has 146 valence electrons. The summed E-state index contributed by atoms with van der Waals surface area (Å²) in [5.41, 5.74) is 9.49. The lowest BCUT2D eigenvalue weighted by atomic mass is 10.1. The smallest absolute Gasteiger partial charge is 0.328 e. The highest BCUT2D eigenvalue weighted by Crippen LogP contribution is 2.27. The lowest BCUT2D eigenvalue weighted by molar-refractivity contribution is 0.795. The van der Waals surface area contributed by atoms with Gasteiger partial charge < -0.3 is 5.73 Å². The van der Waals surface area contributed by atoms with Crippen molar-refractivity contribution in [3.63, 3.8) is 0 Å². The molecular weight excluding hydrogens is 378 g/mol. The van der Waals surface area contributed by atoms with Crippen LogP contribution >= 0.6 is 0 Å². The first-order valence-electron chi connectivity index (χ1n) is 9.08. The second kappa shape index (κ2) is 7.12. The van der Waals surface area contributed by atoms with E-state index in [1.165, 1.54) is 4.68 Å². The number of imidazole rings is 1. The molecule has 0 bridgehead atoms. The SMILES string of the molecule is Cn1c(=O)n(C)c2cc(C=C(C#N)c3nn(-c4ccccc4)c(N)c3C#N)ccc21. The van der Waals surface area contributed by atoms with Crippen LogP contribution < -0.4 is 11.4 Å². The van der Waals surface area contributed by atoms with E-state index in [0.717, 1.165) is 11.0 Å². The first-order chi connectivity index (χ1) is 14.5. The standard InChI is InChI=1S/C22H17N7O/c1-27-18-9-8-14(11-19(18)28(2)22(27)30)10-15(12-23)20-17(13-24)21(25)29(26-20)16-6-4-3-5-7-16/h3-11H,25H2,1-2H3. The van der Waals surface area contributed by atoms with Crippen LogP contribution in [0, 0.1) is 22.7 Å². The first kappa shape index (κ1) is 18.8. The number of hydrogen-bond acceptors (Lipinski definition) is 5. The number of rotatable bonds is 3. The molecule has 0 fully saturated rings. The number of allylic oxidation sites excluding steroid dienone is 1. The summed E-state index contributed by atoms with van der Waals surface area (Å²) < 4.78 is 4.55. The van der Waals surface area contributed by atoms with E-state index in [-0.39, 0.29) is 28.3 Å². The fourth-order valence-electron chi connectivity index (χ4n) is 3.43. The zero-order valence-corrected chi connectivity index (χ0v) is 16.4. The second-order valence-electron chi connectivity index (χ2n) is 6.79. The minimum Gasteiger partial charge on any atom is -0.382 e. The zero-order chi connectivity index (χ0) is 21.4. The number of para-hydroxylation sites is 1. The Bertz CT molecular complexity index is 1450. The largest absolute Gasteiger partial charge is 0.382 e. The Balaban J connectivity index is 1.88. The maximum atomic E-state index is 12.2. The van der Waals surface area contributed by atoms with Crippen LogP contribution in [0.5, 0.6) is 0 Å². The maximum Gasteiger partial charge on any atom is 0.328 e. The summed E-state index contributed by atoms with van der Waals surface area (Å²) in [6, 6.07) is 18.8. The number of benzene rings is 2. The monoisotopic (exact) mass is 395 g/mol. The molecule has 2 aromatic carbocycles. The van der Waals surface area contributed by atoms with Crippen LogP contribution in [0.4, 0.5) is 5.82 Å². The Kier molecular flexibility index (Phi) is 4.46. The van der Waals surface area contributed by atoms with Crippen LogP contribution in [0.1, 0.15) is 16.8 Å². The number of aryl methyl sites for hydroxylation is 2. The topological polar surface area (TPSA) is 118 Å². The highest BCUT2D eigenvalue weighted by Gasteiger charge is 2.20. The predicted octanol–water partition coefficient (Wildman–Crippen LogP) is 2.58. The van der Waals surface area contributed by atoms with Gasteiger partial charge in [0.2, 0.25) is 0 Å². The molecule has 0 saturated heterocycles. The van der Waals surface area contributed by atoms with E-state index in [0.29, 0.717) is 11.3 Å². The molecule has 2 heterocycles. The first-order valence-corrected chi connectivity index (χ1v) is 9.08. The van der Waals surface area contributed by atoms with Crippen molar-refractivity contribution in [3.05, 3.63) is 75.8 Å². The van der Waals surface area contributed by atoms with Crippen molar-refractivity contribution in [2.75, 3.05) is 5.73 Å². The Labute approximate surface area is 171 Å². The van der Waals surface area contributed by atoms with Gasteiger partial charge in [0, 0.05) is 14.1 Å². The molecule has 8 nitrogen and oxygen atoms in total. The number of aromatic nitrogens is 4. The van der Waals surface area contributed by atoms with Gasteiger partial charge in [0.25, 0.3) is 0 Å². The summed E-state index contributed by atoms with van der Waals surface area (Å²) in [5.74, 6) is 0.167. The number of nitrogens with two attached hydrogens (primary N) is 1. The third-order valence-corrected chi connectivity index (χ3v) is 5.02. The summed E-state index contributed by atoms with van der Waals surface area (Å²) >= 11 is 0. The third-order valence-electron chi connectivity index (χ3n) is 5.02. The van der Waals surface area contributed by atoms with Gasteiger partial charge in [0.05, 0.1) is 22.3 Å². The Morgan fingerprint density at radius 3 is 2.43 bits per heavy atom. The fourth-order valence-corrected chi connectivity index (χ4v) is 3.43. The summed E-state index contributed by atoms with van der Waals surface area (Å²) in [4.78, 5) is 12.2. The van der Waals surface area contributed by atoms with Crippen LogP contribution in [0.3, 0.4) is 0 Å². The van der Waals surface area contributed by atoms with Crippen molar-refractivity contribution in [2.24, 2.45) is 14.1 Å². The van der Waals surface area contributed by atoms with Crippen molar-refractivity contribution in [3.8, 4) is 17.8 Å². The van der Waals surface area contributed by atoms with E-state index in [1.54, 1.807) is 29.3 Å². The summed E-state index contributed by atoms with van der Waals surface area (Å²) in [6.45, 7) is 0. The minimum atomic E-state index is -0.132. The van der Waals surface area contributed by atoms with Gasteiger partial charge in [-0.1, -0.05) is 24.3 Å². The van der Waals surface area contributed by atoms with Crippen LogP contribution in [-0.2, 0) is 14.1 Å². The van der Waals surface area contributed by atoms with Gasteiger partial charge in [-0.15, -0.1) is 0 Å². The molecule has 4 aromatic rings. The lowest BCUT2D eigenvalue weighted by Gasteiger charge is -2.02. The van der Waals surface area contributed by atoms with E-state index in [2.05, 4.69) is 17.2 Å². The van der Waals surface area contributed by atoms with Crippen molar-refractivity contribution in [1.82, 2.24) is 18.9 Å². The second-order valence-corrected chi connectivity index (χ2v) is 6.79. The molecule has 0 aliphatic rings. The van der Waals surface area contributed by atoms with E-state index >= 15 is 0 Å². The van der Waals surface area contributed by atoms with Gasteiger partial charge in [-0.25, -0.2) is 9.48 Å². The predicted molar refractivity (Wildman–Crippen MR) is 114 cm³/mol. The number of nitriles is 2. The van der Waals surface area contributed by atoms with Crippen molar-refractivity contribution < 1.29 is 0 Å². The highest BCUT2D eigenvalue weighted by molar-refractivity contribution is 5.93. The molecule has 0 atom stereocenters. The summed E-state index contributed by atoms with van der Waals surface area (Å²) in [5, 5.41) is 23.8. The molecule has 0 radical (unpaired) electrons. The zero-order valence-electron chi connectivity index (χ0n) is 16.4. The van der Waals surface area contributed by atoms with E-state index < -0.39 is 0 Å². The van der Waals surface area contributed by atoms with Gasteiger partial charge in [-0.2, -0.15) is 15.6 Å². The Hall–Kier alpha value is -4.56. The average molecular weight is 395 g/mol. The summed E-state index contributed by atoms with van der Waals surface area (Å²) in [6.07, 6.45) is 1.63. The minimum absolute atomic E-state index is 0.132. The summed E-state index contributed by atoms with van der Waals surface area (Å²) in [7, 11) is 3.40. The number of nitrogen functional groups attached to an aromatic ring is 1. The normalized spacial score (nSPS) is 11.4. The molecule has 0 saturated carbocycles. The number of fused-ring (bicyclic) bond motifs is 1. The van der Waals surface area contributed by atoms with E-state index in [1.807, 2.05) is 48.5 Å². The lowest BCUT2D eigenvalue weighted by Crippen LogP contribution is -2.19. The molecule has 0 unspecified atom stereocenters. The maximum absolute atomic E-state index is 12.2. The molecule has 8 heteroatoms. The molecule has 0 spiro atoms. The Morgan fingerprint density at radius 1 is 1.07 bits per heavy atom. The molecule has 0 aliphatic heterocycles. The number of nitrogens with zero attached hydrogens (tertiary/aromatic N) is 6. The van der Waals surface area contributed by atoms with E-state index in [9.17, 15) is 15.3 Å². The van der Waals surface area contributed by atoms with Crippen molar-refractivity contribution >= 4 is 28.5 Å². The van der Waals surface area contributed by atoms with Crippen LogP contribution in [0.15, 0.2) is 53.3 Å². The van der Waals surface area contributed by atoms with E-state index in [4.69, 9.17) is 5.73 Å². The molecular formula is C22H17N7O. The number of hydrogen-bond donors (Lipinski definition) is 1. The van der Waals surface area contributed by atoms with Gasteiger partial charge in [-0.3, -0.25) is 9.13 Å². The quantitative estimate of drug-likeness (QED) is 0.535. The average Bonchev–Trinajstić information content (AvgIpc) is 3.22. The molecule has 0 amide bonds.